The summed E-state index contributed by atoms with van der Waals surface area (Å²) in [6, 6.07) is 5.99. The van der Waals surface area contributed by atoms with Crippen molar-refractivity contribution in [1.29, 1.82) is 0 Å². The number of fused-ring (bicyclic) bond motifs is 1. The zero-order valence-electron chi connectivity index (χ0n) is 20.3. The maximum Gasteiger partial charge on any atom is 0.297 e. The van der Waals surface area contributed by atoms with Gasteiger partial charge in [0.15, 0.2) is 5.75 Å². The van der Waals surface area contributed by atoms with E-state index in [1.54, 1.807) is 4.57 Å². The van der Waals surface area contributed by atoms with Crippen LogP contribution in [0.3, 0.4) is 0 Å². The molecule has 0 amide bonds. The molecule has 0 bridgehead atoms. The first-order valence-corrected chi connectivity index (χ1v) is 11.4. The standard InChI is InChI=1S/C27H38N2O3/c1-7-9-17-29-24-19-22(28-16-8-2)13-14-23(24)25(26(31-6)27(29)30)32-18-15-21(5)12-10-11-20(3)4/h8,11,13-15,19,28H,2,7,9-10,12,16-18H2,1,3-6H3/b21-15+. The van der Waals surface area contributed by atoms with Gasteiger partial charge < -0.3 is 19.4 Å². The van der Waals surface area contributed by atoms with E-state index in [0.29, 0.717) is 25.4 Å². The van der Waals surface area contributed by atoms with Crippen molar-refractivity contribution in [3.8, 4) is 11.5 Å². The Hall–Kier alpha value is -2.95. The first-order chi connectivity index (χ1) is 15.4. The fraction of sp³-hybridized carbons (Fsp3) is 0.444. The Labute approximate surface area is 192 Å². The van der Waals surface area contributed by atoms with Gasteiger partial charge >= 0.3 is 0 Å². The molecule has 32 heavy (non-hydrogen) atoms. The number of rotatable bonds is 13. The van der Waals surface area contributed by atoms with E-state index in [0.717, 1.165) is 42.3 Å². The maximum atomic E-state index is 13.3. The second-order valence-corrected chi connectivity index (χ2v) is 8.26. The summed E-state index contributed by atoms with van der Waals surface area (Å²) < 4.78 is 13.5. The maximum absolute atomic E-state index is 13.3. The summed E-state index contributed by atoms with van der Waals surface area (Å²) >= 11 is 0. The number of hydrogen-bond donors (Lipinski definition) is 1. The van der Waals surface area contributed by atoms with Crippen molar-refractivity contribution in [3.05, 3.63) is 64.5 Å². The van der Waals surface area contributed by atoms with Gasteiger partial charge in [-0.15, -0.1) is 6.58 Å². The summed E-state index contributed by atoms with van der Waals surface area (Å²) in [7, 11) is 1.53. The van der Waals surface area contributed by atoms with Crippen LogP contribution in [0, 0.1) is 0 Å². The highest BCUT2D eigenvalue weighted by Gasteiger charge is 2.19. The number of benzene rings is 1. The molecule has 5 heteroatoms. The van der Waals surface area contributed by atoms with Crippen molar-refractivity contribution in [2.75, 3.05) is 25.6 Å². The van der Waals surface area contributed by atoms with Gasteiger partial charge in [0, 0.05) is 24.2 Å². The number of pyridine rings is 1. The number of methoxy groups -OCH3 is 1. The normalized spacial score (nSPS) is 11.3. The lowest BCUT2D eigenvalue weighted by Gasteiger charge is -2.18. The molecule has 0 aliphatic rings. The molecular formula is C27H38N2O3. The molecule has 1 heterocycles. The number of allylic oxidation sites excluding steroid dienone is 3. The monoisotopic (exact) mass is 438 g/mol. The minimum atomic E-state index is -0.159. The van der Waals surface area contributed by atoms with Crippen molar-refractivity contribution >= 4 is 16.6 Å². The Kier molecular flexibility index (Phi) is 10.1. The summed E-state index contributed by atoms with van der Waals surface area (Å²) in [4.78, 5) is 13.3. The Morgan fingerprint density at radius 3 is 2.62 bits per heavy atom. The van der Waals surface area contributed by atoms with Crippen LogP contribution in [0.1, 0.15) is 53.4 Å². The van der Waals surface area contributed by atoms with Crippen LogP contribution in [0.5, 0.6) is 11.5 Å². The summed E-state index contributed by atoms with van der Waals surface area (Å²) in [6.45, 7) is 13.9. The SMILES string of the molecule is C=CCNc1ccc2c(OC/C=C(\C)CCC=C(C)C)c(OC)c(=O)n(CCCC)c2c1. The minimum Gasteiger partial charge on any atom is -0.488 e. The molecule has 2 rings (SSSR count). The van der Waals surface area contributed by atoms with Crippen LogP contribution < -0.4 is 20.3 Å². The van der Waals surface area contributed by atoms with Gasteiger partial charge in [0.05, 0.1) is 12.6 Å². The van der Waals surface area contributed by atoms with Crippen molar-refractivity contribution in [2.45, 2.75) is 59.9 Å². The van der Waals surface area contributed by atoms with E-state index >= 15 is 0 Å². The largest absolute Gasteiger partial charge is 0.488 e. The molecule has 1 aromatic heterocycles. The molecule has 0 aliphatic heterocycles. The molecule has 0 unspecified atom stereocenters. The number of anilines is 1. The average Bonchev–Trinajstić information content (AvgIpc) is 2.77. The molecule has 0 spiro atoms. The Morgan fingerprint density at radius 2 is 1.97 bits per heavy atom. The third kappa shape index (κ3) is 6.78. The fourth-order valence-electron chi connectivity index (χ4n) is 3.52. The number of aryl methyl sites for hydroxylation is 1. The zero-order chi connectivity index (χ0) is 23.5. The molecular weight excluding hydrogens is 400 g/mol. The smallest absolute Gasteiger partial charge is 0.297 e. The Morgan fingerprint density at radius 1 is 1.19 bits per heavy atom. The van der Waals surface area contributed by atoms with Gasteiger partial charge in [0.1, 0.15) is 6.61 Å². The number of hydrogen-bond acceptors (Lipinski definition) is 4. The summed E-state index contributed by atoms with van der Waals surface area (Å²) in [5.74, 6) is 0.764. The fourth-order valence-corrected chi connectivity index (χ4v) is 3.52. The predicted octanol–water partition coefficient (Wildman–Crippen LogP) is 6.48. The van der Waals surface area contributed by atoms with Crippen molar-refractivity contribution in [2.24, 2.45) is 0 Å². The highest BCUT2D eigenvalue weighted by molar-refractivity contribution is 5.90. The van der Waals surface area contributed by atoms with Gasteiger partial charge in [0.25, 0.3) is 5.56 Å². The van der Waals surface area contributed by atoms with E-state index in [4.69, 9.17) is 9.47 Å². The molecule has 1 aromatic carbocycles. The third-order valence-electron chi connectivity index (χ3n) is 5.32. The first-order valence-electron chi connectivity index (χ1n) is 11.4. The minimum absolute atomic E-state index is 0.159. The molecule has 2 aromatic rings. The molecule has 5 nitrogen and oxygen atoms in total. The molecule has 0 atom stereocenters. The second kappa shape index (κ2) is 12.8. The van der Waals surface area contributed by atoms with E-state index in [1.165, 1.54) is 18.3 Å². The highest BCUT2D eigenvalue weighted by atomic mass is 16.5. The summed E-state index contributed by atoms with van der Waals surface area (Å²) in [5, 5.41) is 4.18. The van der Waals surface area contributed by atoms with Gasteiger partial charge in [-0.3, -0.25) is 4.79 Å². The van der Waals surface area contributed by atoms with Gasteiger partial charge in [-0.25, -0.2) is 0 Å². The number of nitrogens with zero attached hydrogens (tertiary/aromatic N) is 1. The molecule has 1 N–H and O–H groups in total. The van der Waals surface area contributed by atoms with Gasteiger partial charge in [0.2, 0.25) is 5.75 Å². The van der Waals surface area contributed by atoms with Crippen LogP contribution in [0.2, 0.25) is 0 Å². The van der Waals surface area contributed by atoms with Crippen LogP contribution in [-0.2, 0) is 6.54 Å². The van der Waals surface area contributed by atoms with E-state index in [1.807, 2.05) is 24.3 Å². The third-order valence-corrected chi connectivity index (χ3v) is 5.32. The lowest BCUT2D eigenvalue weighted by atomic mass is 10.1. The molecule has 174 valence electrons. The lowest BCUT2D eigenvalue weighted by Crippen LogP contribution is -2.23. The average molecular weight is 439 g/mol. The highest BCUT2D eigenvalue weighted by Crippen LogP contribution is 2.34. The van der Waals surface area contributed by atoms with Crippen molar-refractivity contribution in [1.82, 2.24) is 4.57 Å². The molecule has 0 aliphatic carbocycles. The van der Waals surface area contributed by atoms with Gasteiger partial charge in [-0.05, 0) is 64.3 Å². The molecule has 0 fully saturated rings. The van der Waals surface area contributed by atoms with Crippen LogP contribution >= 0.6 is 0 Å². The molecule has 0 radical (unpaired) electrons. The zero-order valence-corrected chi connectivity index (χ0v) is 20.3. The van der Waals surface area contributed by atoms with Gasteiger partial charge in [-0.2, -0.15) is 0 Å². The first kappa shape index (κ1) is 25.3. The van der Waals surface area contributed by atoms with Crippen LogP contribution in [0.4, 0.5) is 5.69 Å². The Balaban J connectivity index is 2.43. The quantitative estimate of drug-likeness (QED) is 0.364. The van der Waals surface area contributed by atoms with Crippen LogP contribution in [-0.4, -0.2) is 24.8 Å². The number of aromatic nitrogens is 1. The summed E-state index contributed by atoms with van der Waals surface area (Å²) in [5.41, 5.74) is 4.22. The number of nitrogens with one attached hydrogen (secondary N) is 1. The van der Waals surface area contributed by atoms with E-state index < -0.39 is 0 Å². The number of ether oxygens (including phenoxy) is 2. The second-order valence-electron chi connectivity index (χ2n) is 8.26. The van der Waals surface area contributed by atoms with Crippen LogP contribution in [0.15, 0.2) is 58.9 Å². The summed E-state index contributed by atoms with van der Waals surface area (Å²) in [6.07, 6.45) is 10.0. The van der Waals surface area contributed by atoms with Crippen molar-refractivity contribution in [3.63, 3.8) is 0 Å². The lowest BCUT2D eigenvalue weighted by molar-refractivity contribution is 0.324. The molecule has 0 saturated heterocycles. The van der Waals surface area contributed by atoms with E-state index in [-0.39, 0.29) is 11.3 Å². The number of unbranched alkanes of at least 4 members (excludes halogenated alkanes) is 1. The predicted molar refractivity (Wildman–Crippen MR) is 136 cm³/mol. The van der Waals surface area contributed by atoms with Crippen LogP contribution in [0.25, 0.3) is 10.9 Å². The topological polar surface area (TPSA) is 52.5 Å². The molecule has 0 saturated carbocycles. The van der Waals surface area contributed by atoms with Gasteiger partial charge in [-0.1, -0.05) is 36.6 Å². The Bertz CT molecular complexity index is 1030. The van der Waals surface area contributed by atoms with E-state index in [2.05, 4.69) is 51.7 Å². The van der Waals surface area contributed by atoms with E-state index in [9.17, 15) is 4.79 Å². The van der Waals surface area contributed by atoms with Crippen molar-refractivity contribution < 1.29 is 9.47 Å².